The van der Waals surface area contributed by atoms with E-state index in [2.05, 4.69) is 5.32 Å². The van der Waals surface area contributed by atoms with E-state index < -0.39 is 30.5 Å². The van der Waals surface area contributed by atoms with Crippen LogP contribution in [0.1, 0.15) is 24.1 Å². The zero-order valence-electron chi connectivity index (χ0n) is 9.36. The Morgan fingerprint density at radius 2 is 1.50 bits per heavy atom. The van der Waals surface area contributed by atoms with Gasteiger partial charge in [-0.2, -0.15) is 26.3 Å². The van der Waals surface area contributed by atoms with Crippen molar-refractivity contribution in [3.05, 3.63) is 35.4 Å². The summed E-state index contributed by atoms with van der Waals surface area (Å²) in [5.74, 6) is 0. The summed E-state index contributed by atoms with van der Waals surface area (Å²) in [6.45, 7) is 0.267. The summed E-state index contributed by atoms with van der Waals surface area (Å²) < 4.78 is 72.6. The van der Waals surface area contributed by atoms with Gasteiger partial charge in [-0.25, -0.2) is 0 Å². The first-order valence-electron chi connectivity index (χ1n) is 5.07. The van der Waals surface area contributed by atoms with Gasteiger partial charge in [0.2, 0.25) is 0 Å². The molecular formula is C11H11F6N. The molecule has 0 fully saturated rings. The Labute approximate surface area is 99.8 Å². The second kappa shape index (κ2) is 5.17. The number of hydrogen-bond acceptors (Lipinski definition) is 1. The zero-order chi connectivity index (χ0) is 14.0. The van der Waals surface area contributed by atoms with Crippen LogP contribution in [0.15, 0.2) is 24.3 Å². The van der Waals surface area contributed by atoms with Crippen molar-refractivity contribution in [2.24, 2.45) is 0 Å². The van der Waals surface area contributed by atoms with Crippen LogP contribution in [0.5, 0.6) is 0 Å². The maximum Gasteiger partial charge on any atom is 0.416 e. The Morgan fingerprint density at radius 1 is 1.00 bits per heavy atom. The molecule has 0 aromatic heterocycles. The molecular weight excluding hydrogens is 260 g/mol. The molecule has 1 N–H and O–H groups in total. The van der Waals surface area contributed by atoms with Crippen molar-refractivity contribution >= 4 is 0 Å². The van der Waals surface area contributed by atoms with Crippen LogP contribution in [-0.2, 0) is 6.18 Å². The molecule has 0 saturated carbocycles. The van der Waals surface area contributed by atoms with Crippen LogP contribution in [0.2, 0.25) is 0 Å². The van der Waals surface area contributed by atoms with Crippen molar-refractivity contribution in [2.75, 3.05) is 6.54 Å². The number of alkyl halides is 6. The third kappa shape index (κ3) is 4.56. The monoisotopic (exact) mass is 271 g/mol. The van der Waals surface area contributed by atoms with E-state index in [0.717, 1.165) is 24.3 Å². The highest BCUT2D eigenvalue weighted by molar-refractivity contribution is 5.26. The number of benzene rings is 1. The highest BCUT2D eigenvalue weighted by atomic mass is 19.4. The predicted molar refractivity (Wildman–Crippen MR) is 53.9 cm³/mol. The van der Waals surface area contributed by atoms with Crippen molar-refractivity contribution in [1.82, 2.24) is 5.32 Å². The molecule has 1 aromatic carbocycles. The first-order valence-corrected chi connectivity index (χ1v) is 5.07. The van der Waals surface area contributed by atoms with Crippen LogP contribution in [0.3, 0.4) is 0 Å². The number of rotatable bonds is 3. The summed E-state index contributed by atoms with van der Waals surface area (Å²) >= 11 is 0. The van der Waals surface area contributed by atoms with Crippen LogP contribution in [0.25, 0.3) is 0 Å². The Kier molecular flexibility index (Phi) is 4.26. The van der Waals surface area contributed by atoms with Gasteiger partial charge in [0.15, 0.2) is 0 Å². The van der Waals surface area contributed by atoms with Crippen molar-refractivity contribution in [2.45, 2.75) is 25.3 Å². The molecule has 0 aliphatic heterocycles. The fraction of sp³-hybridized carbons (Fsp3) is 0.455. The second-order valence-corrected chi connectivity index (χ2v) is 3.84. The fourth-order valence-electron chi connectivity index (χ4n) is 1.35. The lowest BCUT2D eigenvalue weighted by atomic mass is 10.1. The largest absolute Gasteiger partial charge is 0.416 e. The Hall–Kier alpha value is -1.24. The third-order valence-electron chi connectivity index (χ3n) is 2.35. The van der Waals surface area contributed by atoms with Gasteiger partial charge in [-0.15, -0.1) is 0 Å². The average Bonchev–Trinajstić information content (AvgIpc) is 2.24. The van der Waals surface area contributed by atoms with Gasteiger partial charge < -0.3 is 5.32 Å². The van der Waals surface area contributed by atoms with Crippen molar-refractivity contribution in [3.63, 3.8) is 0 Å². The topological polar surface area (TPSA) is 12.0 Å². The van der Waals surface area contributed by atoms with Gasteiger partial charge in [-0.05, 0) is 24.6 Å². The van der Waals surface area contributed by atoms with E-state index >= 15 is 0 Å². The molecule has 0 heterocycles. The number of halogens is 6. The van der Waals surface area contributed by atoms with Crippen LogP contribution in [0, 0.1) is 0 Å². The van der Waals surface area contributed by atoms with Gasteiger partial charge in [-0.3, -0.25) is 0 Å². The standard InChI is InChI=1S/C11H11F6N/c1-7(18-6-10(12,13)14)8-2-4-9(5-3-8)11(15,16)17/h2-5,7,18H,6H2,1H3. The summed E-state index contributed by atoms with van der Waals surface area (Å²) in [5, 5.41) is 2.19. The van der Waals surface area contributed by atoms with Crippen LogP contribution < -0.4 is 5.32 Å². The number of hydrogen-bond donors (Lipinski definition) is 1. The van der Waals surface area contributed by atoms with Crippen LogP contribution >= 0.6 is 0 Å². The van der Waals surface area contributed by atoms with E-state index in [-0.39, 0.29) is 0 Å². The summed E-state index contributed by atoms with van der Waals surface area (Å²) in [7, 11) is 0. The van der Waals surface area contributed by atoms with Gasteiger partial charge in [-0.1, -0.05) is 12.1 Å². The second-order valence-electron chi connectivity index (χ2n) is 3.84. The summed E-state index contributed by atoms with van der Waals surface area (Å²) in [6, 6.07) is 3.35. The molecule has 1 nitrogen and oxygen atoms in total. The lowest BCUT2D eigenvalue weighted by Crippen LogP contribution is -2.30. The first kappa shape index (κ1) is 14.8. The van der Waals surface area contributed by atoms with Crippen molar-refractivity contribution in [3.8, 4) is 0 Å². The molecule has 18 heavy (non-hydrogen) atoms. The minimum absolute atomic E-state index is 0.368. The molecule has 1 atom stereocenters. The van der Waals surface area contributed by atoms with E-state index in [1.165, 1.54) is 6.92 Å². The molecule has 0 amide bonds. The lowest BCUT2D eigenvalue weighted by molar-refractivity contribution is -0.137. The Morgan fingerprint density at radius 3 is 1.89 bits per heavy atom. The van der Waals surface area contributed by atoms with E-state index in [0.29, 0.717) is 5.56 Å². The molecule has 0 aliphatic rings. The zero-order valence-corrected chi connectivity index (χ0v) is 9.36. The third-order valence-corrected chi connectivity index (χ3v) is 2.35. The summed E-state index contributed by atoms with van der Waals surface area (Å²) in [5.41, 5.74) is -0.457. The average molecular weight is 271 g/mol. The summed E-state index contributed by atoms with van der Waals surface area (Å²) in [4.78, 5) is 0. The molecule has 7 heteroatoms. The minimum atomic E-state index is -4.44. The fourth-order valence-corrected chi connectivity index (χ4v) is 1.35. The molecule has 0 aliphatic carbocycles. The lowest BCUT2D eigenvalue weighted by Gasteiger charge is -2.16. The van der Waals surface area contributed by atoms with Crippen molar-refractivity contribution in [1.29, 1.82) is 0 Å². The van der Waals surface area contributed by atoms with E-state index in [1.807, 2.05) is 0 Å². The molecule has 0 spiro atoms. The van der Waals surface area contributed by atoms with Gasteiger partial charge in [0.05, 0.1) is 12.1 Å². The smallest absolute Gasteiger partial charge is 0.302 e. The SMILES string of the molecule is CC(NCC(F)(F)F)c1ccc(C(F)(F)F)cc1. The maximum atomic E-state index is 12.3. The molecule has 1 unspecified atom stereocenters. The molecule has 0 bridgehead atoms. The van der Waals surface area contributed by atoms with Gasteiger partial charge in [0, 0.05) is 6.04 Å². The molecule has 1 aromatic rings. The van der Waals surface area contributed by atoms with Crippen LogP contribution in [-0.4, -0.2) is 12.7 Å². The number of nitrogens with one attached hydrogen (secondary N) is 1. The highest BCUT2D eigenvalue weighted by Crippen LogP contribution is 2.30. The van der Waals surface area contributed by atoms with E-state index in [4.69, 9.17) is 0 Å². The van der Waals surface area contributed by atoms with Gasteiger partial charge >= 0.3 is 12.4 Å². The van der Waals surface area contributed by atoms with Gasteiger partial charge in [0.1, 0.15) is 0 Å². The summed E-state index contributed by atoms with van der Waals surface area (Å²) in [6.07, 6.45) is -8.79. The van der Waals surface area contributed by atoms with Gasteiger partial charge in [0.25, 0.3) is 0 Å². The van der Waals surface area contributed by atoms with E-state index in [9.17, 15) is 26.3 Å². The maximum absolute atomic E-state index is 12.3. The Balaban J connectivity index is 2.68. The predicted octanol–water partition coefficient (Wildman–Crippen LogP) is 3.92. The van der Waals surface area contributed by atoms with Crippen LogP contribution in [0.4, 0.5) is 26.3 Å². The molecule has 0 saturated heterocycles. The quantitative estimate of drug-likeness (QED) is 0.822. The molecule has 1 rings (SSSR count). The molecule has 102 valence electrons. The molecule has 0 radical (unpaired) electrons. The Bertz CT molecular complexity index is 378. The first-order chi connectivity index (χ1) is 8.09. The minimum Gasteiger partial charge on any atom is -0.302 e. The normalized spacial score (nSPS) is 14.6. The van der Waals surface area contributed by atoms with E-state index in [1.54, 1.807) is 0 Å². The van der Waals surface area contributed by atoms with Crippen molar-refractivity contribution < 1.29 is 26.3 Å². The highest BCUT2D eigenvalue weighted by Gasteiger charge is 2.30.